The standard InChI is InChI=1S/C12H16NO2/c1-10(2)8-13-15-9-11-5-4-6-12(7-11)14-3/h4-7,10H,9H2,1-3H3. The molecule has 0 amide bonds. The molecule has 0 heterocycles. The molecule has 3 nitrogen and oxygen atoms in total. The normalized spacial score (nSPS) is 10.9. The molecule has 3 heteroatoms. The summed E-state index contributed by atoms with van der Waals surface area (Å²) in [5.74, 6) is 1.11. The molecule has 0 aliphatic rings. The number of hydrogen-bond acceptors (Lipinski definition) is 3. The fourth-order valence-electron chi connectivity index (χ4n) is 1.01. The third-order valence-corrected chi connectivity index (χ3v) is 1.74. The van der Waals surface area contributed by atoms with Crippen molar-refractivity contribution >= 4 is 6.21 Å². The van der Waals surface area contributed by atoms with Gasteiger partial charge < -0.3 is 9.57 Å². The number of methoxy groups -OCH3 is 1. The van der Waals surface area contributed by atoms with Gasteiger partial charge in [-0.15, -0.1) is 0 Å². The lowest BCUT2D eigenvalue weighted by molar-refractivity contribution is 0.130. The average molecular weight is 206 g/mol. The van der Waals surface area contributed by atoms with Gasteiger partial charge in [0.05, 0.1) is 7.11 Å². The van der Waals surface area contributed by atoms with Crippen LogP contribution in [-0.2, 0) is 11.4 Å². The molecule has 1 radical (unpaired) electrons. The third-order valence-electron chi connectivity index (χ3n) is 1.74. The fraction of sp³-hybridized carbons (Fsp3) is 0.417. The summed E-state index contributed by atoms with van der Waals surface area (Å²) in [5.41, 5.74) is 1.03. The molecule has 0 spiro atoms. The van der Waals surface area contributed by atoms with E-state index in [9.17, 15) is 0 Å². The Morgan fingerprint density at radius 2 is 2.20 bits per heavy atom. The van der Waals surface area contributed by atoms with Crippen molar-refractivity contribution < 1.29 is 9.57 Å². The zero-order valence-electron chi connectivity index (χ0n) is 9.36. The summed E-state index contributed by atoms with van der Waals surface area (Å²) in [6.45, 7) is 4.44. The monoisotopic (exact) mass is 206 g/mol. The highest BCUT2D eigenvalue weighted by Gasteiger charge is 1.95. The predicted molar refractivity (Wildman–Crippen MR) is 60.1 cm³/mol. The van der Waals surface area contributed by atoms with E-state index in [0.717, 1.165) is 11.3 Å². The van der Waals surface area contributed by atoms with Crippen LogP contribution in [0.3, 0.4) is 0 Å². The van der Waals surface area contributed by atoms with Gasteiger partial charge in [-0.2, -0.15) is 0 Å². The molecule has 0 aliphatic heterocycles. The Balaban J connectivity index is 2.43. The van der Waals surface area contributed by atoms with Crippen LogP contribution < -0.4 is 4.74 Å². The molecule has 1 aromatic carbocycles. The smallest absolute Gasteiger partial charge is 0.142 e. The quantitative estimate of drug-likeness (QED) is 0.548. The van der Waals surface area contributed by atoms with Crippen LogP contribution in [0.2, 0.25) is 0 Å². The van der Waals surface area contributed by atoms with Crippen LogP contribution in [0, 0.1) is 5.92 Å². The van der Waals surface area contributed by atoms with Gasteiger partial charge in [-0.05, 0) is 17.7 Å². The Morgan fingerprint density at radius 3 is 2.87 bits per heavy atom. The number of rotatable bonds is 5. The molecular formula is C12H16NO2. The van der Waals surface area contributed by atoms with Crippen LogP contribution >= 0.6 is 0 Å². The number of hydrogen-bond donors (Lipinski definition) is 0. The highest BCUT2D eigenvalue weighted by molar-refractivity contribution is 5.58. The van der Waals surface area contributed by atoms with Crippen LogP contribution in [0.4, 0.5) is 0 Å². The van der Waals surface area contributed by atoms with Crippen molar-refractivity contribution in [2.45, 2.75) is 20.5 Å². The number of nitrogens with zero attached hydrogens (tertiary/aromatic N) is 1. The molecule has 81 valence electrons. The van der Waals surface area contributed by atoms with Crippen molar-refractivity contribution in [3.05, 3.63) is 29.8 Å². The largest absolute Gasteiger partial charge is 0.497 e. The first kappa shape index (κ1) is 11.6. The van der Waals surface area contributed by atoms with Crippen LogP contribution in [0.1, 0.15) is 19.4 Å². The van der Waals surface area contributed by atoms with E-state index in [4.69, 9.17) is 9.57 Å². The molecule has 0 aliphatic carbocycles. The first-order chi connectivity index (χ1) is 7.22. The van der Waals surface area contributed by atoms with Gasteiger partial charge in [0.1, 0.15) is 18.6 Å². The topological polar surface area (TPSA) is 30.8 Å². The van der Waals surface area contributed by atoms with Gasteiger partial charge >= 0.3 is 0 Å². The summed E-state index contributed by atoms with van der Waals surface area (Å²) >= 11 is 0. The van der Waals surface area contributed by atoms with E-state index in [0.29, 0.717) is 6.61 Å². The Morgan fingerprint density at radius 1 is 1.40 bits per heavy atom. The van der Waals surface area contributed by atoms with Crippen molar-refractivity contribution in [2.75, 3.05) is 7.11 Å². The van der Waals surface area contributed by atoms with Crippen molar-refractivity contribution in [2.24, 2.45) is 11.1 Å². The molecule has 0 saturated carbocycles. The molecule has 1 aromatic rings. The summed E-state index contributed by atoms with van der Waals surface area (Å²) in [7, 11) is 1.64. The number of benzene rings is 1. The van der Waals surface area contributed by atoms with Gasteiger partial charge in [0.2, 0.25) is 0 Å². The van der Waals surface area contributed by atoms with E-state index in [-0.39, 0.29) is 5.92 Å². The summed E-state index contributed by atoms with van der Waals surface area (Å²) in [6, 6.07) is 7.71. The van der Waals surface area contributed by atoms with Crippen LogP contribution in [0.25, 0.3) is 0 Å². The molecule has 0 saturated heterocycles. The second-order valence-corrected chi connectivity index (χ2v) is 3.50. The summed E-state index contributed by atoms with van der Waals surface area (Å²) in [5, 5.41) is 3.73. The van der Waals surface area contributed by atoms with E-state index >= 15 is 0 Å². The molecule has 15 heavy (non-hydrogen) atoms. The predicted octanol–water partition coefficient (Wildman–Crippen LogP) is 2.73. The molecular weight excluding hydrogens is 190 g/mol. The van der Waals surface area contributed by atoms with Crippen molar-refractivity contribution in [1.82, 2.24) is 0 Å². The Hall–Kier alpha value is -1.51. The molecule has 0 atom stereocenters. The minimum Gasteiger partial charge on any atom is -0.497 e. The third kappa shape index (κ3) is 4.49. The molecule has 0 aromatic heterocycles. The zero-order chi connectivity index (χ0) is 11.1. The van der Waals surface area contributed by atoms with Gasteiger partial charge in [-0.1, -0.05) is 31.1 Å². The van der Waals surface area contributed by atoms with E-state index in [1.165, 1.54) is 0 Å². The Labute approximate surface area is 90.7 Å². The SMILES string of the molecule is COc1cccc(CO/N=[C]\C(C)C)c1. The van der Waals surface area contributed by atoms with Gasteiger partial charge in [0.25, 0.3) is 0 Å². The summed E-state index contributed by atoms with van der Waals surface area (Å²) in [6.07, 6.45) is 2.82. The molecule has 0 fully saturated rings. The molecule has 0 bridgehead atoms. The molecule has 0 N–H and O–H groups in total. The molecule has 0 unspecified atom stereocenters. The van der Waals surface area contributed by atoms with E-state index < -0.39 is 0 Å². The highest BCUT2D eigenvalue weighted by atomic mass is 16.6. The van der Waals surface area contributed by atoms with Gasteiger partial charge in [0.15, 0.2) is 0 Å². The molecule has 1 rings (SSSR count). The van der Waals surface area contributed by atoms with Gasteiger partial charge in [-0.3, -0.25) is 0 Å². The maximum atomic E-state index is 5.10. The van der Waals surface area contributed by atoms with E-state index in [1.807, 2.05) is 38.1 Å². The lowest BCUT2D eigenvalue weighted by Crippen LogP contribution is -1.92. The van der Waals surface area contributed by atoms with Gasteiger partial charge in [-0.25, -0.2) is 0 Å². The maximum absolute atomic E-state index is 5.10. The van der Waals surface area contributed by atoms with Gasteiger partial charge in [0, 0.05) is 5.92 Å². The Kier molecular flexibility index (Phi) is 4.68. The first-order valence-electron chi connectivity index (χ1n) is 4.93. The van der Waals surface area contributed by atoms with E-state index in [1.54, 1.807) is 7.11 Å². The van der Waals surface area contributed by atoms with Crippen molar-refractivity contribution in [3.8, 4) is 5.75 Å². The van der Waals surface area contributed by atoms with Crippen LogP contribution in [-0.4, -0.2) is 13.3 Å². The van der Waals surface area contributed by atoms with Crippen LogP contribution in [0.5, 0.6) is 5.75 Å². The summed E-state index contributed by atoms with van der Waals surface area (Å²) < 4.78 is 5.10. The Bertz CT molecular complexity index is 321. The minimum absolute atomic E-state index is 0.287. The minimum atomic E-state index is 0.287. The highest BCUT2D eigenvalue weighted by Crippen LogP contribution is 2.13. The summed E-state index contributed by atoms with van der Waals surface area (Å²) in [4.78, 5) is 5.09. The fourth-order valence-corrected chi connectivity index (χ4v) is 1.01. The lowest BCUT2D eigenvalue weighted by Gasteiger charge is -2.03. The number of ether oxygens (including phenoxy) is 1. The van der Waals surface area contributed by atoms with Crippen molar-refractivity contribution in [3.63, 3.8) is 0 Å². The lowest BCUT2D eigenvalue weighted by atomic mass is 10.2. The van der Waals surface area contributed by atoms with Crippen molar-refractivity contribution in [1.29, 1.82) is 0 Å². The maximum Gasteiger partial charge on any atom is 0.142 e. The zero-order valence-corrected chi connectivity index (χ0v) is 9.36. The second-order valence-electron chi connectivity index (χ2n) is 3.50. The average Bonchev–Trinajstić information content (AvgIpc) is 2.24. The van der Waals surface area contributed by atoms with E-state index in [2.05, 4.69) is 11.4 Å². The second kappa shape index (κ2) is 6.06. The van der Waals surface area contributed by atoms with Crippen LogP contribution in [0.15, 0.2) is 29.4 Å². The first-order valence-corrected chi connectivity index (χ1v) is 4.93.